The van der Waals surface area contributed by atoms with Crippen LogP contribution in [0.15, 0.2) is 6.07 Å². The molecule has 1 fully saturated rings. The molecule has 0 radical (unpaired) electrons. The molecule has 110 valence electrons. The molecule has 0 aliphatic heterocycles. The molecule has 1 aromatic heterocycles. The maximum atomic E-state index is 12.0. The van der Waals surface area contributed by atoms with E-state index in [1.54, 1.807) is 0 Å². The molecule has 5 heteroatoms. The Hall–Kier alpha value is -1.36. The van der Waals surface area contributed by atoms with Gasteiger partial charge in [0.1, 0.15) is 0 Å². The fourth-order valence-corrected chi connectivity index (χ4v) is 3.64. The molecule has 2 N–H and O–H groups in total. The van der Waals surface area contributed by atoms with Crippen molar-refractivity contribution in [2.24, 2.45) is 5.92 Å². The smallest absolute Gasteiger partial charge is 0.273 e. The van der Waals surface area contributed by atoms with Crippen LogP contribution in [-0.2, 0) is 11.2 Å². The first kappa shape index (κ1) is 15.0. The second-order valence-electron chi connectivity index (χ2n) is 5.35. The lowest BCUT2D eigenvalue weighted by Crippen LogP contribution is -2.44. The molecule has 1 saturated carbocycles. The molecule has 0 saturated heterocycles. The second-order valence-corrected chi connectivity index (χ2v) is 6.49. The van der Waals surface area contributed by atoms with Crippen LogP contribution in [0, 0.1) is 12.8 Å². The second kappa shape index (κ2) is 6.88. The van der Waals surface area contributed by atoms with Crippen molar-refractivity contribution in [2.45, 2.75) is 52.4 Å². The van der Waals surface area contributed by atoms with Gasteiger partial charge in [0, 0.05) is 10.8 Å². The van der Waals surface area contributed by atoms with Gasteiger partial charge >= 0.3 is 0 Å². The SMILES string of the molecule is CCc1sc(C(=O)NNC(=O)C2CCCCC2)cc1C. The largest absolute Gasteiger partial charge is 0.279 e. The monoisotopic (exact) mass is 294 g/mol. The Labute approximate surface area is 123 Å². The standard InChI is InChI=1S/C15H22N2O2S/c1-3-12-10(2)9-13(20-12)15(19)17-16-14(18)11-7-5-4-6-8-11/h9,11H,3-8H2,1-2H3,(H,16,18)(H,17,19). The zero-order valence-electron chi connectivity index (χ0n) is 12.1. The number of hydrogen-bond donors (Lipinski definition) is 2. The van der Waals surface area contributed by atoms with Crippen molar-refractivity contribution in [3.8, 4) is 0 Å². The van der Waals surface area contributed by atoms with Crippen LogP contribution in [0.25, 0.3) is 0 Å². The molecule has 4 nitrogen and oxygen atoms in total. The fourth-order valence-electron chi connectivity index (χ4n) is 2.63. The predicted molar refractivity (Wildman–Crippen MR) is 80.6 cm³/mol. The summed E-state index contributed by atoms with van der Waals surface area (Å²) in [6, 6.07) is 1.88. The van der Waals surface area contributed by atoms with Gasteiger partial charge in [-0.05, 0) is 37.8 Å². The molecule has 0 aromatic carbocycles. The van der Waals surface area contributed by atoms with E-state index in [0.29, 0.717) is 4.88 Å². The summed E-state index contributed by atoms with van der Waals surface area (Å²) < 4.78 is 0. The first-order chi connectivity index (χ1) is 9.61. The van der Waals surface area contributed by atoms with E-state index in [4.69, 9.17) is 0 Å². The summed E-state index contributed by atoms with van der Waals surface area (Å²) in [5.41, 5.74) is 6.24. The molecular weight excluding hydrogens is 272 g/mol. The summed E-state index contributed by atoms with van der Waals surface area (Å²) in [5.74, 6) is -0.218. The van der Waals surface area contributed by atoms with Gasteiger partial charge in [0.15, 0.2) is 0 Å². The molecular formula is C15H22N2O2S. The summed E-state index contributed by atoms with van der Waals surface area (Å²) in [4.78, 5) is 25.8. The van der Waals surface area contributed by atoms with Crippen LogP contribution in [0.3, 0.4) is 0 Å². The molecule has 0 bridgehead atoms. The van der Waals surface area contributed by atoms with Crippen molar-refractivity contribution in [1.29, 1.82) is 0 Å². The van der Waals surface area contributed by atoms with Gasteiger partial charge in [-0.1, -0.05) is 26.2 Å². The first-order valence-corrected chi connectivity index (χ1v) is 8.13. The van der Waals surface area contributed by atoms with Gasteiger partial charge in [-0.15, -0.1) is 11.3 Å². The van der Waals surface area contributed by atoms with E-state index in [-0.39, 0.29) is 17.7 Å². The lowest BCUT2D eigenvalue weighted by Gasteiger charge is -2.20. The van der Waals surface area contributed by atoms with Crippen molar-refractivity contribution in [3.63, 3.8) is 0 Å². The van der Waals surface area contributed by atoms with E-state index in [0.717, 1.165) is 37.7 Å². The highest BCUT2D eigenvalue weighted by Gasteiger charge is 2.21. The number of thiophene rings is 1. The van der Waals surface area contributed by atoms with Crippen LogP contribution in [0.4, 0.5) is 0 Å². The summed E-state index contributed by atoms with van der Waals surface area (Å²) in [6.45, 7) is 4.08. The summed E-state index contributed by atoms with van der Waals surface area (Å²) in [6.07, 6.45) is 6.22. The van der Waals surface area contributed by atoms with E-state index in [1.165, 1.54) is 22.6 Å². The maximum absolute atomic E-state index is 12.0. The lowest BCUT2D eigenvalue weighted by atomic mass is 9.89. The topological polar surface area (TPSA) is 58.2 Å². The van der Waals surface area contributed by atoms with Crippen molar-refractivity contribution >= 4 is 23.2 Å². The van der Waals surface area contributed by atoms with Crippen LogP contribution >= 0.6 is 11.3 Å². The van der Waals surface area contributed by atoms with Crippen LogP contribution in [-0.4, -0.2) is 11.8 Å². The Balaban J connectivity index is 1.86. The summed E-state index contributed by atoms with van der Waals surface area (Å²) >= 11 is 1.49. The van der Waals surface area contributed by atoms with Crippen molar-refractivity contribution in [3.05, 3.63) is 21.4 Å². The fraction of sp³-hybridized carbons (Fsp3) is 0.600. The zero-order chi connectivity index (χ0) is 14.5. The number of rotatable bonds is 3. The first-order valence-electron chi connectivity index (χ1n) is 7.31. The van der Waals surface area contributed by atoms with Gasteiger partial charge in [0.05, 0.1) is 4.88 Å². The normalized spacial score (nSPS) is 15.9. The highest BCUT2D eigenvalue weighted by atomic mass is 32.1. The Kier molecular flexibility index (Phi) is 5.17. The average Bonchev–Trinajstić information content (AvgIpc) is 2.86. The van der Waals surface area contributed by atoms with Gasteiger partial charge in [-0.3, -0.25) is 20.4 Å². The van der Waals surface area contributed by atoms with Crippen molar-refractivity contribution in [2.75, 3.05) is 0 Å². The molecule has 0 atom stereocenters. The number of carbonyl (C=O) groups is 2. The van der Waals surface area contributed by atoms with Gasteiger partial charge in [0.25, 0.3) is 5.91 Å². The number of nitrogens with one attached hydrogen (secondary N) is 2. The molecule has 20 heavy (non-hydrogen) atoms. The van der Waals surface area contributed by atoms with E-state index in [9.17, 15) is 9.59 Å². The van der Waals surface area contributed by atoms with Gasteiger partial charge in [0.2, 0.25) is 5.91 Å². The minimum absolute atomic E-state index is 0.0537. The number of carbonyl (C=O) groups excluding carboxylic acids is 2. The highest BCUT2D eigenvalue weighted by Crippen LogP contribution is 2.24. The molecule has 0 unspecified atom stereocenters. The molecule has 0 spiro atoms. The van der Waals surface area contributed by atoms with Crippen molar-refractivity contribution < 1.29 is 9.59 Å². The highest BCUT2D eigenvalue weighted by molar-refractivity contribution is 7.14. The van der Waals surface area contributed by atoms with Crippen LogP contribution in [0.2, 0.25) is 0 Å². The third kappa shape index (κ3) is 3.60. The molecule has 2 amide bonds. The van der Waals surface area contributed by atoms with Gasteiger partial charge < -0.3 is 0 Å². The van der Waals surface area contributed by atoms with E-state index < -0.39 is 0 Å². The maximum Gasteiger partial charge on any atom is 0.279 e. The lowest BCUT2D eigenvalue weighted by molar-refractivity contribution is -0.126. The average molecular weight is 294 g/mol. The van der Waals surface area contributed by atoms with E-state index >= 15 is 0 Å². The van der Waals surface area contributed by atoms with Crippen LogP contribution in [0.5, 0.6) is 0 Å². The Morgan fingerprint density at radius 3 is 2.55 bits per heavy atom. The molecule has 1 aromatic rings. The minimum Gasteiger partial charge on any atom is -0.273 e. The number of aryl methyl sites for hydroxylation is 2. The Bertz CT molecular complexity index is 490. The number of amides is 2. The van der Waals surface area contributed by atoms with E-state index in [1.807, 2.05) is 13.0 Å². The number of hydrazine groups is 1. The van der Waals surface area contributed by atoms with Crippen LogP contribution < -0.4 is 10.9 Å². The summed E-state index contributed by atoms with van der Waals surface area (Å²) in [7, 11) is 0. The number of hydrogen-bond acceptors (Lipinski definition) is 3. The quantitative estimate of drug-likeness (QED) is 0.842. The van der Waals surface area contributed by atoms with Gasteiger partial charge in [-0.2, -0.15) is 0 Å². The van der Waals surface area contributed by atoms with Crippen LogP contribution in [0.1, 0.15) is 59.1 Å². The van der Waals surface area contributed by atoms with Crippen molar-refractivity contribution in [1.82, 2.24) is 10.9 Å². The Morgan fingerprint density at radius 1 is 1.25 bits per heavy atom. The molecule has 1 aliphatic carbocycles. The Morgan fingerprint density at radius 2 is 1.95 bits per heavy atom. The third-order valence-electron chi connectivity index (χ3n) is 3.84. The third-order valence-corrected chi connectivity index (χ3v) is 5.22. The predicted octanol–water partition coefficient (Wildman–Crippen LogP) is 2.96. The van der Waals surface area contributed by atoms with E-state index in [2.05, 4.69) is 17.8 Å². The molecule has 2 rings (SSSR count). The molecule has 1 aliphatic rings. The molecule has 1 heterocycles. The minimum atomic E-state index is -0.220. The zero-order valence-corrected chi connectivity index (χ0v) is 12.9. The van der Waals surface area contributed by atoms with Gasteiger partial charge in [-0.25, -0.2) is 0 Å². The summed E-state index contributed by atoms with van der Waals surface area (Å²) in [5, 5.41) is 0.